The van der Waals surface area contributed by atoms with Crippen LogP contribution < -0.4 is 15.5 Å². The van der Waals surface area contributed by atoms with Gasteiger partial charge in [0, 0.05) is 16.3 Å². The van der Waals surface area contributed by atoms with Crippen molar-refractivity contribution in [1.82, 2.24) is 5.43 Å². The van der Waals surface area contributed by atoms with Gasteiger partial charge in [-0.25, -0.2) is 5.43 Å². The first-order valence-electron chi connectivity index (χ1n) is 7.51. The van der Waals surface area contributed by atoms with Crippen molar-refractivity contribution in [2.24, 2.45) is 5.10 Å². The number of carbonyl (C=O) groups excluding carboxylic acids is 2. The number of carbonyl (C=O) groups is 2. The standard InChI is InChI=1S/C18H18ClN3O3/c1-12(21-22-18(24)13-6-4-3-5-7-13)10-17(23)20-15-11-14(19)8-9-16(15)25-2/h3-9,11H,10H2,1-2H3,(H,20,23)(H,22,24)/b21-12+. The average Bonchev–Trinajstić information content (AvgIpc) is 2.60. The van der Waals surface area contributed by atoms with Crippen molar-refractivity contribution in [3.8, 4) is 5.75 Å². The Morgan fingerprint density at radius 2 is 1.88 bits per heavy atom. The maximum absolute atomic E-state index is 12.1. The summed E-state index contributed by atoms with van der Waals surface area (Å²) >= 11 is 5.93. The highest BCUT2D eigenvalue weighted by molar-refractivity contribution is 6.31. The number of hydrogen-bond acceptors (Lipinski definition) is 4. The minimum atomic E-state index is -0.336. The average molecular weight is 360 g/mol. The van der Waals surface area contributed by atoms with Gasteiger partial charge in [-0.1, -0.05) is 29.8 Å². The van der Waals surface area contributed by atoms with Gasteiger partial charge in [0.05, 0.1) is 19.2 Å². The summed E-state index contributed by atoms with van der Waals surface area (Å²) in [6.07, 6.45) is 0.0186. The number of methoxy groups -OCH3 is 1. The summed E-state index contributed by atoms with van der Waals surface area (Å²) in [5.41, 5.74) is 3.85. The maximum atomic E-state index is 12.1. The fourth-order valence-corrected chi connectivity index (χ4v) is 2.22. The van der Waals surface area contributed by atoms with Gasteiger partial charge in [0.2, 0.25) is 5.91 Å². The van der Waals surface area contributed by atoms with E-state index >= 15 is 0 Å². The molecule has 0 atom stereocenters. The molecule has 0 aromatic heterocycles. The smallest absolute Gasteiger partial charge is 0.271 e. The summed E-state index contributed by atoms with van der Waals surface area (Å²) in [4.78, 5) is 24.0. The first-order chi connectivity index (χ1) is 12.0. The highest BCUT2D eigenvalue weighted by Gasteiger charge is 2.10. The molecule has 0 saturated heterocycles. The number of nitrogens with one attached hydrogen (secondary N) is 2. The predicted octanol–water partition coefficient (Wildman–Crippen LogP) is 3.48. The number of ether oxygens (including phenoxy) is 1. The van der Waals surface area contributed by atoms with Crippen LogP contribution in [0.4, 0.5) is 5.69 Å². The van der Waals surface area contributed by atoms with E-state index < -0.39 is 0 Å². The molecule has 2 amide bonds. The molecule has 0 aliphatic rings. The molecule has 0 aliphatic heterocycles. The maximum Gasteiger partial charge on any atom is 0.271 e. The van der Waals surface area contributed by atoms with E-state index in [0.717, 1.165) is 0 Å². The lowest BCUT2D eigenvalue weighted by molar-refractivity contribution is -0.115. The van der Waals surface area contributed by atoms with Crippen LogP contribution in [0.25, 0.3) is 0 Å². The zero-order chi connectivity index (χ0) is 18.2. The second-order valence-electron chi connectivity index (χ2n) is 5.22. The molecule has 2 N–H and O–H groups in total. The minimum Gasteiger partial charge on any atom is -0.495 e. The van der Waals surface area contributed by atoms with Crippen LogP contribution in [0.2, 0.25) is 5.02 Å². The van der Waals surface area contributed by atoms with Crippen LogP contribution in [-0.4, -0.2) is 24.6 Å². The lowest BCUT2D eigenvalue weighted by atomic mass is 10.2. The summed E-state index contributed by atoms with van der Waals surface area (Å²) < 4.78 is 5.17. The summed E-state index contributed by atoms with van der Waals surface area (Å²) in [6.45, 7) is 1.65. The van der Waals surface area contributed by atoms with Gasteiger partial charge in [0.15, 0.2) is 0 Å². The Hall–Kier alpha value is -2.86. The van der Waals surface area contributed by atoms with Gasteiger partial charge in [-0.15, -0.1) is 0 Å². The number of anilines is 1. The summed E-state index contributed by atoms with van der Waals surface area (Å²) in [5, 5.41) is 7.13. The van der Waals surface area contributed by atoms with Gasteiger partial charge in [-0.2, -0.15) is 5.10 Å². The summed E-state index contributed by atoms with van der Waals surface area (Å²) in [6, 6.07) is 13.6. The molecule has 7 heteroatoms. The van der Waals surface area contributed by atoms with Crippen molar-refractivity contribution in [1.29, 1.82) is 0 Å². The van der Waals surface area contributed by atoms with E-state index in [0.29, 0.717) is 27.7 Å². The Bertz CT molecular complexity index is 791. The molecule has 2 aromatic rings. The van der Waals surface area contributed by atoms with E-state index in [9.17, 15) is 9.59 Å². The molecule has 0 radical (unpaired) electrons. The molecule has 6 nitrogen and oxygen atoms in total. The van der Waals surface area contributed by atoms with Crippen molar-refractivity contribution in [2.45, 2.75) is 13.3 Å². The first kappa shape index (κ1) is 18.5. The first-order valence-corrected chi connectivity index (χ1v) is 7.89. The van der Waals surface area contributed by atoms with E-state index in [1.54, 1.807) is 49.4 Å². The van der Waals surface area contributed by atoms with Crippen molar-refractivity contribution in [2.75, 3.05) is 12.4 Å². The molecule has 0 spiro atoms. The topological polar surface area (TPSA) is 79.8 Å². The zero-order valence-corrected chi connectivity index (χ0v) is 14.6. The molecular weight excluding hydrogens is 342 g/mol. The largest absolute Gasteiger partial charge is 0.495 e. The number of benzene rings is 2. The van der Waals surface area contributed by atoms with E-state index in [-0.39, 0.29) is 18.2 Å². The second-order valence-corrected chi connectivity index (χ2v) is 5.66. The van der Waals surface area contributed by atoms with Crippen LogP contribution in [0.5, 0.6) is 5.75 Å². The Balaban J connectivity index is 1.94. The molecule has 2 aromatic carbocycles. The van der Waals surface area contributed by atoms with Crippen LogP contribution in [0.1, 0.15) is 23.7 Å². The number of nitrogens with zero attached hydrogens (tertiary/aromatic N) is 1. The third-order valence-corrected chi connectivity index (χ3v) is 3.47. The van der Waals surface area contributed by atoms with Gasteiger partial charge in [0.1, 0.15) is 5.75 Å². The fourth-order valence-electron chi connectivity index (χ4n) is 2.04. The van der Waals surface area contributed by atoms with Gasteiger partial charge in [0.25, 0.3) is 5.91 Å². The van der Waals surface area contributed by atoms with Crippen molar-refractivity contribution < 1.29 is 14.3 Å². The monoisotopic (exact) mass is 359 g/mol. The van der Waals surface area contributed by atoms with Crippen LogP contribution >= 0.6 is 11.6 Å². The van der Waals surface area contributed by atoms with E-state index in [4.69, 9.17) is 16.3 Å². The molecule has 25 heavy (non-hydrogen) atoms. The molecule has 0 saturated carbocycles. The Morgan fingerprint density at radius 1 is 1.16 bits per heavy atom. The third-order valence-electron chi connectivity index (χ3n) is 3.24. The van der Waals surface area contributed by atoms with Gasteiger partial charge >= 0.3 is 0 Å². The predicted molar refractivity (Wildman–Crippen MR) is 98.3 cm³/mol. The van der Waals surface area contributed by atoms with Crippen molar-refractivity contribution in [3.05, 3.63) is 59.1 Å². The molecule has 130 valence electrons. The summed E-state index contributed by atoms with van der Waals surface area (Å²) in [5.74, 6) is -0.127. The lowest BCUT2D eigenvalue weighted by Gasteiger charge is -2.10. The quantitative estimate of drug-likeness (QED) is 0.612. The molecule has 0 unspecified atom stereocenters. The molecule has 0 bridgehead atoms. The van der Waals surface area contributed by atoms with E-state index in [1.165, 1.54) is 7.11 Å². The Kier molecular flexibility index (Phi) is 6.54. The zero-order valence-electron chi connectivity index (χ0n) is 13.9. The number of hydrogen-bond donors (Lipinski definition) is 2. The lowest BCUT2D eigenvalue weighted by Crippen LogP contribution is -2.21. The molecular formula is C18H18ClN3O3. The van der Waals surface area contributed by atoms with Crippen molar-refractivity contribution >= 4 is 34.8 Å². The van der Waals surface area contributed by atoms with Crippen molar-refractivity contribution in [3.63, 3.8) is 0 Å². The van der Waals surface area contributed by atoms with Crippen LogP contribution in [0, 0.1) is 0 Å². The number of hydrazone groups is 1. The highest BCUT2D eigenvalue weighted by atomic mass is 35.5. The molecule has 0 fully saturated rings. The SMILES string of the molecule is COc1ccc(Cl)cc1NC(=O)C/C(C)=N/NC(=O)c1ccccc1. The van der Waals surface area contributed by atoms with Crippen LogP contribution in [0.3, 0.4) is 0 Å². The Labute approximate surface area is 150 Å². The van der Waals surface area contributed by atoms with Crippen LogP contribution in [-0.2, 0) is 4.79 Å². The van der Waals surface area contributed by atoms with Gasteiger partial charge in [-0.05, 0) is 37.3 Å². The molecule has 2 rings (SSSR count). The second kappa shape index (κ2) is 8.84. The minimum absolute atomic E-state index is 0.0186. The Morgan fingerprint density at radius 3 is 2.56 bits per heavy atom. The highest BCUT2D eigenvalue weighted by Crippen LogP contribution is 2.27. The molecule has 0 aliphatic carbocycles. The third kappa shape index (κ3) is 5.61. The number of rotatable bonds is 6. The summed E-state index contributed by atoms with van der Waals surface area (Å²) in [7, 11) is 1.50. The van der Waals surface area contributed by atoms with Crippen LogP contribution in [0.15, 0.2) is 53.6 Å². The normalized spacial score (nSPS) is 10.9. The number of halogens is 1. The van der Waals surface area contributed by atoms with E-state index in [1.807, 2.05) is 6.07 Å². The fraction of sp³-hybridized carbons (Fsp3) is 0.167. The van der Waals surface area contributed by atoms with Gasteiger partial charge < -0.3 is 10.1 Å². The molecule has 0 heterocycles. The van der Waals surface area contributed by atoms with Gasteiger partial charge in [-0.3, -0.25) is 9.59 Å². The number of amides is 2. The van der Waals surface area contributed by atoms with E-state index in [2.05, 4.69) is 15.8 Å².